The van der Waals surface area contributed by atoms with Crippen molar-refractivity contribution in [3.05, 3.63) is 34.3 Å². The van der Waals surface area contributed by atoms with Gasteiger partial charge in [-0.25, -0.2) is 0 Å². The van der Waals surface area contributed by atoms with Crippen molar-refractivity contribution in [2.75, 3.05) is 13.6 Å². The lowest BCUT2D eigenvalue weighted by molar-refractivity contribution is -0.130. The van der Waals surface area contributed by atoms with Gasteiger partial charge in [0, 0.05) is 24.5 Å². The van der Waals surface area contributed by atoms with Gasteiger partial charge >= 0.3 is 0 Å². The first-order valence-electron chi connectivity index (χ1n) is 6.82. The molecule has 0 bridgehead atoms. The van der Waals surface area contributed by atoms with Gasteiger partial charge in [-0.15, -0.1) is 12.4 Å². The molecule has 0 atom stereocenters. The van der Waals surface area contributed by atoms with Crippen LogP contribution < -0.4 is 5.73 Å². The van der Waals surface area contributed by atoms with Gasteiger partial charge in [-0.1, -0.05) is 40.9 Å². The maximum atomic E-state index is 11.9. The number of amides is 1. The molecular formula is C15H24BrClN2O. The van der Waals surface area contributed by atoms with Crippen molar-refractivity contribution in [3.8, 4) is 0 Å². The first kappa shape index (κ1) is 19.4. The Kier molecular flexibility index (Phi) is 10.8. The Bertz CT molecular complexity index is 384. The maximum absolute atomic E-state index is 11.9. The summed E-state index contributed by atoms with van der Waals surface area (Å²) < 4.78 is 1.06. The molecule has 1 aromatic rings. The summed E-state index contributed by atoms with van der Waals surface area (Å²) in [5.74, 6) is 0.218. The van der Waals surface area contributed by atoms with Gasteiger partial charge in [0.2, 0.25) is 5.91 Å². The topological polar surface area (TPSA) is 46.3 Å². The Balaban J connectivity index is 0.00000361. The fraction of sp³-hybridized carbons (Fsp3) is 0.533. The standard InChI is InChI=1S/C15H23BrN2O.ClH/c1-18(12-13-7-9-14(16)10-8-13)15(19)6-4-2-3-5-11-17;/h7-10H,2-6,11-12,17H2,1H3;1H. The molecule has 0 fully saturated rings. The van der Waals surface area contributed by atoms with Gasteiger partial charge in [0.25, 0.3) is 0 Å². The molecule has 0 heterocycles. The molecule has 2 N–H and O–H groups in total. The largest absolute Gasteiger partial charge is 0.341 e. The average molecular weight is 364 g/mol. The summed E-state index contributed by atoms with van der Waals surface area (Å²) in [4.78, 5) is 13.7. The quantitative estimate of drug-likeness (QED) is 0.715. The van der Waals surface area contributed by atoms with E-state index in [1.807, 2.05) is 31.3 Å². The average Bonchev–Trinajstić information content (AvgIpc) is 2.41. The molecule has 1 rings (SSSR count). The second-order valence-electron chi connectivity index (χ2n) is 4.83. The highest BCUT2D eigenvalue weighted by atomic mass is 79.9. The van der Waals surface area contributed by atoms with Crippen molar-refractivity contribution < 1.29 is 4.79 Å². The van der Waals surface area contributed by atoms with Crippen molar-refractivity contribution in [3.63, 3.8) is 0 Å². The van der Waals surface area contributed by atoms with Crippen LogP contribution in [0.5, 0.6) is 0 Å². The molecule has 0 aliphatic heterocycles. The van der Waals surface area contributed by atoms with Crippen LogP contribution in [0.4, 0.5) is 0 Å². The normalized spacial score (nSPS) is 9.95. The number of benzene rings is 1. The minimum atomic E-state index is 0. The molecule has 0 saturated carbocycles. The third-order valence-electron chi connectivity index (χ3n) is 3.10. The molecule has 0 aromatic heterocycles. The zero-order valence-corrected chi connectivity index (χ0v) is 14.4. The van der Waals surface area contributed by atoms with Crippen molar-refractivity contribution >= 4 is 34.2 Å². The van der Waals surface area contributed by atoms with Crippen LogP contribution in [-0.2, 0) is 11.3 Å². The van der Waals surface area contributed by atoms with Crippen LogP contribution >= 0.6 is 28.3 Å². The highest BCUT2D eigenvalue weighted by Gasteiger charge is 2.08. The minimum absolute atomic E-state index is 0. The summed E-state index contributed by atoms with van der Waals surface area (Å²) in [6.45, 7) is 1.42. The van der Waals surface area contributed by atoms with E-state index in [0.29, 0.717) is 13.0 Å². The van der Waals surface area contributed by atoms with E-state index in [4.69, 9.17) is 5.73 Å². The first-order chi connectivity index (χ1) is 9.13. The van der Waals surface area contributed by atoms with Crippen LogP contribution in [0.25, 0.3) is 0 Å². The second kappa shape index (κ2) is 11.1. The molecule has 5 heteroatoms. The lowest BCUT2D eigenvalue weighted by atomic mass is 10.1. The van der Waals surface area contributed by atoms with E-state index in [1.165, 1.54) is 0 Å². The molecule has 0 radical (unpaired) electrons. The summed E-state index contributed by atoms with van der Waals surface area (Å²) in [7, 11) is 1.87. The number of nitrogens with zero attached hydrogens (tertiary/aromatic N) is 1. The molecule has 1 aromatic carbocycles. The summed E-state index contributed by atoms with van der Waals surface area (Å²) in [5, 5.41) is 0. The van der Waals surface area contributed by atoms with Crippen LogP contribution in [0, 0.1) is 0 Å². The Morgan fingerprint density at radius 3 is 2.35 bits per heavy atom. The molecule has 0 spiro atoms. The lowest BCUT2D eigenvalue weighted by Crippen LogP contribution is -2.25. The maximum Gasteiger partial charge on any atom is 0.222 e. The van der Waals surface area contributed by atoms with Crippen molar-refractivity contribution in [1.82, 2.24) is 4.90 Å². The van der Waals surface area contributed by atoms with E-state index < -0.39 is 0 Å². The molecule has 0 aliphatic carbocycles. The smallest absolute Gasteiger partial charge is 0.222 e. The van der Waals surface area contributed by atoms with Crippen LogP contribution in [0.2, 0.25) is 0 Å². The van der Waals surface area contributed by atoms with E-state index in [-0.39, 0.29) is 18.3 Å². The molecule has 3 nitrogen and oxygen atoms in total. The van der Waals surface area contributed by atoms with E-state index in [2.05, 4.69) is 15.9 Å². The van der Waals surface area contributed by atoms with Gasteiger partial charge in [-0.3, -0.25) is 4.79 Å². The molecule has 0 saturated heterocycles. The number of hydrogen-bond donors (Lipinski definition) is 1. The van der Waals surface area contributed by atoms with Gasteiger partial charge in [-0.2, -0.15) is 0 Å². The van der Waals surface area contributed by atoms with Gasteiger partial charge in [0.05, 0.1) is 0 Å². The predicted molar refractivity (Wildman–Crippen MR) is 90.0 cm³/mol. The molecule has 114 valence electrons. The van der Waals surface area contributed by atoms with Gasteiger partial charge in [-0.05, 0) is 37.1 Å². The van der Waals surface area contributed by atoms with Crippen molar-refractivity contribution in [2.45, 2.75) is 38.6 Å². The lowest BCUT2D eigenvalue weighted by Gasteiger charge is -2.17. The summed E-state index contributed by atoms with van der Waals surface area (Å²) in [6, 6.07) is 8.07. The second-order valence-corrected chi connectivity index (χ2v) is 5.74. The predicted octanol–water partition coefficient (Wildman–Crippen LogP) is 3.74. The Morgan fingerprint density at radius 1 is 1.15 bits per heavy atom. The van der Waals surface area contributed by atoms with Gasteiger partial charge in [0.1, 0.15) is 0 Å². The number of nitrogens with two attached hydrogens (primary N) is 1. The van der Waals surface area contributed by atoms with E-state index in [1.54, 1.807) is 4.90 Å². The van der Waals surface area contributed by atoms with Gasteiger partial charge in [0.15, 0.2) is 0 Å². The highest BCUT2D eigenvalue weighted by molar-refractivity contribution is 9.10. The highest BCUT2D eigenvalue weighted by Crippen LogP contribution is 2.12. The van der Waals surface area contributed by atoms with Crippen LogP contribution in [0.15, 0.2) is 28.7 Å². The number of carbonyl (C=O) groups is 1. The number of hydrogen-bond acceptors (Lipinski definition) is 2. The van der Waals surface area contributed by atoms with E-state index in [0.717, 1.165) is 42.3 Å². The minimum Gasteiger partial charge on any atom is -0.341 e. The zero-order valence-electron chi connectivity index (χ0n) is 12.0. The SMILES string of the molecule is CN(Cc1ccc(Br)cc1)C(=O)CCCCCCN.Cl. The molecule has 0 unspecified atom stereocenters. The Morgan fingerprint density at radius 2 is 1.75 bits per heavy atom. The van der Waals surface area contributed by atoms with Crippen LogP contribution in [0.3, 0.4) is 0 Å². The van der Waals surface area contributed by atoms with Gasteiger partial charge < -0.3 is 10.6 Å². The summed E-state index contributed by atoms with van der Waals surface area (Å²) >= 11 is 3.41. The molecule has 0 aliphatic rings. The molecule has 1 amide bonds. The molecule has 20 heavy (non-hydrogen) atoms. The number of carbonyl (C=O) groups excluding carboxylic acids is 1. The van der Waals surface area contributed by atoms with Crippen LogP contribution in [-0.4, -0.2) is 24.4 Å². The number of halogens is 2. The van der Waals surface area contributed by atoms with E-state index in [9.17, 15) is 4.79 Å². The number of rotatable bonds is 8. The zero-order chi connectivity index (χ0) is 14.1. The Labute approximate surface area is 136 Å². The summed E-state index contributed by atoms with van der Waals surface area (Å²) in [6.07, 6.45) is 4.87. The molecular weight excluding hydrogens is 340 g/mol. The monoisotopic (exact) mass is 362 g/mol. The fourth-order valence-electron chi connectivity index (χ4n) is 1.92. The number of unbranched alkanes of at least 4 members (excludes halogenated alkanes) is 3. The summed E-state index contributed by atoms with van der Waals surface area (Å²) in [5.41, 5.74) is 6.59. The third kappa shape index (κ3) is 7.88. The third-order valence-corrected chi connectivity index (χ3v) is 3.63. The Hall–Kier alpha value is -0.580. The van der Waals surface area contributed by atoms with Crippen LogP contribution in [0.1, 0.15) is 37.7 Å². The first-order valence-corrected chi connectivity index (χ1v) is 7.61. The fourth-order valence-corrected chi connectivity index (χ4v) is 2.18. The van der Waals surface area contributed by atoms with Crippen molar-refractivity contribution in [2.24, 2.45) is 5.73 Å². The van der Waals surface area contributed by atoms with E-state index >= 15 is 0 Å². The van der Waals surface area contributed by atoms with Crippen molar-refractivity contribution in [1.29, 1.82) is 0 Å².